The fraction of sp³-hybridized carbons (Fsp3) is 0.273. The van der Waals surface area contributed by atoms with Crippen molar-refractivity contribution in [3.8, 4) is 18.1 Å². The van der Waals surface area contributed by atoms with Crippen molar-refractivity contribution in [1.29, 1.82) is 0 Å². The second-order valence-corrected chi connectivity index (χ2v) is 2.67. The molecule has 0 radical (unpaired) electrons. The van der Waals surface area contributed by atoms with Crippen LogP contribution in [-0.2, 0) is 6.42 Å². The number of rotatable bonds is 2. The summed E-state index contributed by atoms with van der Waals surface area (Å²) in [7, 11) is 1.66. The molecule has 0 unspecified atom stereocenters. The molecule has 0 heterocycles. The van der Waals surface area contributed by atoms with Crippen molar-refractivity contribution in [2.45, 2.75) is 13.3 Å². The van der Waals surface area contributed by atoms with Gasteiger partial charge in [0.1, 0.15) is 5.75 Å². The SMILES string of the molecule is C#CCc1ccc(OC)cc1C. The van der Waals surface area contributed by atoms with Crippen molar-refractivity contribution in [3.05, 3.63) is 29.3 Å². The van der Waals surface area contributed by atoms with Gasteiger partial charge in [0.15, 0.2) is 0 Å². The van der Waals surface area contributed by atoms with Crippen molar-refractivity contribution in [3.63, 3.8) is 0 Å². The highest BCUT2D eigenvalue weighted by Gasteiger charge is 1.97. The average molecular weight is 160 g/mol. The molecule has 0 aromatic heterocycles. The molecule has 1 rings (SSSR count). The Morgan fingerprint density at radius 3 is 2.75 bits per heavy atom. The third-order valence-corrected chi connectivity index (χ3v) is 1.84. The zero-order valence-electron chi connectivity index (χ0n) is 7.42. The monoisotopic (exact) mass is 160 g/mol. The zero-order valence-corrected chi connectivity index (χ0v) is 7.42. The molecule has 0 atom stereocenters. The maximum Gasteiger partial charge on any atom is 0.119 e. The first-order chi connectivity index (χ1) is 5.77. The van der Waals surface area contributed by atoms with E-state index < -0.39 is 0 Å². The Morgan fingerprint density at radius 1 is 1.50 bits per heavy atom. The van der Waals surface area contributed by atoms with Gasteiger partial charge in [-0.25, -0.2) is 0 Å². The first-order valence-corrected chi connectivity index (χ1v) is 3.85. The van der Waals surface area contributed by atoms with E-state index in [2.05, 4.69) is 5.92 Å². The normalized spacial score (nSPS) is 9.08. The van der Waals surface area contributed by atoms with Gasteiger partial charge in [-0.05, 0) is 30.2 Å². The molecule has 62 valence electrons. The average Bonchev–Trinajstić information content (AvgIpc) is 2.09. The van der Waals surface area contributed by atoms with Gasteiger partial charge in [0, 0.05) is 6.42 Å². The number of aryl methyl sites for hydroxylation is 1. The van der Waals surface area contributed by atoms with E-state index in [0.29, 0.717) is 6.42 Å². The predicted molar refractivity (Wildman–Crippen MR) is 50.3 cm³/mol. The standard InChI is InChI=1S/C11H12O/c1-4-5-10-6-7-11(12-3)8-9(10)2/h1,6-8H,5H2,2-3H3. The molecule has 1 aromatic rings. The Hall–Kier alpha value is -1.42. The first-order valence-electron chi connectivity index (χ1n) is 3.85. The minimum Gasteiger partial charge on any atom is -0.497 e. The molecule has 0 saturated carbocycles. The Bertz CT molecular complexity index is 307. The summed E-state index contributed by atoms with van der Waals surface area (Å²) >= 11 is 0. The van der Waals surface area contributed by atoms with Crippen LogP contribution in [0.25, 0.3) is 0 Å². The topological polar surface area (TPSA) is 9.23 Å². The van der Waals surface area contributed by atoms with Gasteiger partial charge in [0.05, 0.1) is 7.11 Å². The predicted octanol–water partition coefficient (Wildman–Crippen LogP) is 2.18. The minimum absolute atomic E-state index is 0.690. The van der Waals surface area contributed by atoms with Crippen molar-refractivity contribution in [2.24, 2.45) is 0 Å². The molecule has 1 nitrogen and oxygen atoms in total. The van der Waals surface area contributed by atoms with Crippen LogP contribution >= 0.6 is 0 Å². The van der Waals surface area contributed by atoms with Crippen molar-refractivity contribution in [1.82, 2.24) is 0 Å². The molecular formula is C11H12O. The fourth-order valence-corrected chi connectivity index (χ4v) is 1.10. The van der Waals surface area contributed by atoms with Crippen molar-refractivity contribution in [2.75, 3.05) is 7.11 Å². The second kappa shape index (κ2) is 3.82. The summed E-state index contributed by atoms with van der Waals surface area (Å²) in [4.78, 5) is 0. The maximum atomic E-state index is 5.22. The van der Waals surface area contributed by atoms with Gasteiger partial charge in [0.25, 0.3) is 0 Å². The molecule has 12 heavy (non-hydrogen) atoms. The Kier molecular flexibility index (Phi) is 2.76. The number of benzene rings is 1. The van der Waals surface area contributed by atoms with Crippen LogP contribution in [0, 0.1) is 19.3 Å². The van der Waals surface area contributed by atoms with Crippen LogP contribution in [0.4, 0.5) is 0 Å². The molecule has 0 aliphatic rings. The minimum atomic E-state index is 0.690. The lowest BCUT2D eigenvalue weighted by Crippen LogP contribution is -1.89. The number of hydrogen-bond acceptors (Lipinski definition) is 1. The summed E-state index contributed by atoms with van der Waals surface area (Å²) in [5, 5.41) is 0. The summed E-state index contributed by atoms with van der Waals surface area (Å²) in [5.41, 5.74) is 2.38. The van der Waals surface area contributed by atoms with Crippen molar-refractivity contribution < 1.29 is 4.74 Å². The Balaban J connectivity index is 2.97. The highest BCUT2D eigenvalue weighted by molar-refractivity contribution is 5.36. The molecule has 0 saturated heterocycles. The van der Waals surface area contributed by atoms with Gasteiger partial charge < -0.3 is 4.74 Å². The Labute approximate surface area is 73.4 Å². The quantitative estimate of drug-likeness (QED) is 0.602. The van der Waals surface area contributed by atoms with Crippen LogP contribution in [0.15, 0.2) is 18.2 Å². The van der Waals surface area contributed by atoms with Gasteiger partial charge in [-0.2, -0.15) is 0 Å². The number of methoxy groups -OCH3 is 1. The highest BCUT2D eigenvalue weighted by atomic mass is 16.5. The highest BCUT2D eigenvalue weighted by Crippen LogP contribution is 2.16. The molecule has 0 aliphatic carbocycles. The van der Waals surface area contributed by atoms with Crippen molar-refractivity contribution >= 4 is 0 Å². The lowest BCUT2D eigenvalue weighted by Gasteiger charge is -2.04. The van der Waals surface area contributed by atoms with E-state index in [9.17, 15) is 0 Å². The van der Waals surface area contributed by atoms with Gasteiger partial charge in [-0.3, -0.25) is 0 Å². The Morgan fingerprint density at radius 2 is 2.25 bits per heavy atom. The van der Waals surface area contributed by atoms with Crippen LogP contribution in [0.1, 0.15) is 11.1 Å². The number of ether oxygens (including phenoxy) is 1. The summed E-state index contributed by atoms with van der Waals surface area (Å²) < 4.78 is 5.08. The van der Waals surface area contributed by atoms with E-state index in [0.717, 1.165) is 5.75 Å². The van der Waals surface area contributed by atoms with Gasteiger partial charge >= 0.3 is 0 Å². The number of terminal acetylenes is 1. The van der Waals surface area contributed by atoms with Crippen LogP contribution < -0.4 is 4.74 Å². The fourth-order valence-electron chi connectivity index (χ4n) is 1.10. The van der Waals surface area contributed by atoms with E-state index in [1.807, 2.05) is 25.1 Å². The lowest BCUT2D eigenvalue weighted by molar-refractivity contribution is 0.414. The van der Waals surface area contributed by atoms with Crippen LogP contribution in [-0.4, -0.2) is 7.11 Å². The molecule has 1 aromatic carbocycles. The van der Waals surface area contributed by atoms with Gasteiger partial charge in [-0.1, -0.05) is 6.07 Å². The third-order valence-electron chi connectivity index (χ3n) is 1.84. The van der Waals surface area contributed by atoms with Gasteiger partial charge in [0.2, 0.25) is 0 Å². The maximum absolute atomic E-state index is 5.22. The molecule has 0 aliphatic heterocycles. The van der Waals surface area contributed by atoms with E-state index in [4.69, 9.17) is 11.2 Å². The zero-order chi connectivity index (χ0) is 8.97. The molecular weight excluding hydrogens is 148 g/mol. The van der Waals surface area contributed by atoms with E-state index in [-0.39, 0.29) is 0 Å². The molecule has 0 bridgehead atoms. The molecule has 1 heteroatoms. The third kappa shape index (κ3) is 1.79. The summed E-state index contributed by atoms with van der Waals surface area (Å²) in [6.07, 6.45) is 5.91. The summed E-state index contributed by atoms with van der Waals surface area (Å²) in [6, 6.07) is 5.93. The van der Waals surface area contributed by atoms with Gasteiger partial charge in [-0.15, -0.1) is 12.3 Å². The summed E-state index contributed by atoms with van der Waals surface area (Å²) in [5.74, 6) is 3.50. The van der Waals surface area contributed by atoms with E-state index in [1.54, 1.807) is 7.11 Å². The molecule has 0 spiro atoms. The summed E-state index contributed by atoms with van der Waals surface area (Å²) in [6.45, 7) is 2.04. The molecule has 0 N–H and O–H groups in total. The first kappa shape index (κ1) is 8.67. The van der Waals surface area contributed by atoms with E-state index in [1.165, 1.54) is 11.1 Å². The lowest BCUT2D eigenvalue weighted by atomic mass is 10.1. The largest absolute Gasteiger partial charge is 0.497 e. The molecule has 0 amide bonds. The van der Waals surface area contributed by atoms with Crippen LogP contribution in [0.3, 0.4) is 0 Å². The van der Waals surface area contributed by atoms with E-state index >= 15 is 0 Å². The molecule has 0 fully saturated rings. The smallest absolute Gasteiger partial charge is 0.119 e. The van der Waals surface area contributed by atoms with Crippen LogP contribution in [0.2, 0.25) is 0 Å². The number of hydrogen-bond donors (Lipinski definition) is 0. The second-order valence-electron chi connectivity index (χ2n) is 2.67. The van der Waals surface area contributed by atoms with Crippen LogP contribution in [0.5, 0.6) is 5.75 Å².